The first kappa shape index (κ1) is 22.7. The summed E-state index contributed by atoms with van der Waals surface area (Å²) in [4.78, 5) is 28.3. The summed E-state index contributed by atoms with van der Waals surface area (Å²) in [6.45, 7) is 5.37. The van der Waals surface area contributed by atoms with Gasteiger partial charge in [0.2, 0.25) is 5.91 Å². The number of halogens is 1. The molecule has 0 aliphatic carbocycles. The van der Waals surface area contributed by atoms with E-state index in [9.17, 15) is 9.59 Å². The molecule has 174 valence electrons. The zero-order chi connectivity index (χ0) is 23.7. The van der Waals surface area contributed by atoms with Crippen LogP contribution in [0.25, 0.3) is 16.5 Å². The molecule has 1 aromatic carbocycles. The van der Waals surface area contributed by atoms with Crippen LogP contribution in [0, 0.1) is 5.82 Å². The molecule has 0 unspecified atom stereocenters. The molecule has 1 aliphatic rings. The Labute approximate surface area is 191 Å². The van der Waals surface area contributed by atoms with Crippen LogP contribution in [0.1, 0.15) is 54.3 Å². The van der Waals surface area contributed by atoms with Gasteiger partial charge < -0.3 is 14.2 Å². The number of aromatic nitrogens is 3. The fraction of sp³-hybridized carbons (Fsp3) is 0.417. The maximum absolute atomic E-state index is 15.7. The second-order valence-corrected chi connectivity index (χ2v) is 8.78. The van der Waals surface area contributed by atoms with Crippen molar-refractivity contribution in [1.82, 2.24) is 24.8 Å². The van der Waals surface area contributed by atoms with Gasteiger partial charge in [0.1, 0.15) is 11.4 Å². The van der Waals surface area contributed by atoms with E-state index in [0.29, 0.717) is 43.6 Å². The predicted molar refractivity (Wildman–Crippen MR) is 122 cm³/mol. The van der Waals surface area contributed by atoms with E-state index in [2.05, 4.69) is 10.3 Å². The molecule has 3 heterocycles. The number of rotatable bonds is 6. The van der Waals surface area contributed by atoms with Crippen LogP contribution in [-0.2, 0) is 11.3 Å². The molecule has 8 nitrogen and oxygen atoms in total. The molecule has 3 aromatic rings. The number of fused-ring (bicyclic) bond motifs is 1. The van der Waals surface area contributed by atoms with Crippen molar-refractivity contribution in [3.63, 3.8) is 0 Å². The summed E-state index contributed by atoms with van der Waals surface area (Å²) in [6, 6.07) is 3.28. The van der Waals surface area contributed by atoms with Crippen LogP contribution in [-0.4, -0.2) is 63.8 Å². The molecule has 2 amide bonds. The van der Waals surface area contributed by atoms with Gasteiger partial charge in [-0.3, -0.25) is 14.3 Å². The highest BCUT2D eigenvalue weighted by molar-refractivity contribution is 5.98. The molecule has 9 heteroatoms. The summed E-state index contributed by atoms with van der Waals surface area (Å²) in [5, 5.41) is 7.92. The van der Waals surface area contributed by atoms with Gasteiger partial charge in [-0.1, -0.05) is 25.1 Å². The first-order valence-electron chi connectivity index (χ1n) is 11.0. The largest absolute Gasteiger partial charge is 0.450 e. The third kappa shape index (κ3) is 4.53. The number of amides is 2. The first-order chi connectivity index (χ1) is 15.8. The van der Waals surface area contributed by atoms with Crippen molar-refractivity contribution in [2.45, 2.75) is 39.2 Å². The van der Waals surface area contributed by atoms with E-state index < -0.39 is 5.82 Å². The molecular weight excluding hydrogens is 425 g/mol. The minimum absolute atomic E-state index is 0.0103. The Balaban J connectivity index is 1.64. The van der Waals surface area contributed by atoms with E-state index in [1.807, 2.05) is 19.9 Å². The highest BCUT2D eigenvalue weighted by atomic mass is 19.1. The van der Waals surface area contributed by atoms with E-state index >= 15 is 4.39 Å². The zero-order valence-corrected chi connectivity index (χ0v) is 19.3. The third-order valence-corrected chi connectivity index (χ3v) is 5.88. The molecule has 2 aromatic heterocycles. The Morgan fingerprint density at radius 3 is 2.73 bits per heavy atom. The van der Waals surface area contributed by atoms with Gasteiger partial charge >= 0.3 is 0 Å². The number of carbonyl (C=O) groups is 2. The molecule has 4 rings (SSSR count). The average molecular weight is 454 g/mol. The number of hydrogen-bond acceptors (Lipinski definition) is 5. The number of nitrogens with zero attached hydrogens (tertiary/aromatic N) is 5. The molecule has 33 heavy (non-hydrogen) atoms. The highest BCUT2D eigenvalue weighted by Crippen LogP contribution is 2.36. The van der Waals surface area contributed by atoms with Crippen LogP contribution in [0.3, 0.4) is 0 Å². The number of aryl methyl sites for hydroxylation is 1. The molecule has 1 aliphatic heterocycles. The van der Waals surface area contributed by atoms with Gasteiger partial charge in [-0.05, 0) is 29.5 Å². The second-order valence-electron chi connectivity index (χ2n) is 8.78. The smallest absolute Gasteiger partial charge is 0.289 e. The van der Waals surface area contributed by atoms with Gasteiger partial charge in [-0.2, -0.15) is 0 Å². The Kier molecular flexibility index (Phi) is 6.31. The maximum Gasteiger partial charge on any atom is 0.289 e. The molecular formula is C24H28FN5O3. The Hall–Kier alpha value is -3.49. The van der Waals surface area contributed by atoms with Gasteiger partial charge in [-0.15, -0.1) is 5.10 Å². The quantitative estimate of drug-likeness (QED) is 0.568. The van der Waals surface area contributed by atoms with Crippen molar-refractivity contribution in [2.75, 3.05) is 27.2 Å². The molecule has 0 N–H and O–H groups in total. The van der Waals surface area contributed by atoms with Crippen molar-refractivity contribution in [2.24, 2.45) is 0 Å². The molecule has 0 spiro atoms. The fourth-order valence-corrected chi connectivity index (χ4v) is 4.06. The minimum atomic E-state index is -0.431. The number of hydrogen-bond donors (Lipinski definition) is 0. The van der Waals surface area contributed by atoms with Crippen molar-refractivity contribution >= 4 is 28.4 Å². The Morgan fingerprint density at radius 1 is 1.27 bits per heavy atom. The average Bonchev–Trinajstić information content (AvgIpc) is 3.47. The molecule has 0 radical (unpaired) electrons. The predicted octanol–water partition coefficient (Wildman–Crippen LogP) is 3.69. The van der Waals surface area contributed by atoms with Crippen molar-refractivity contribution in [3.8, 4) is 0 Å². The summed E-state index contributed by atoms with van der Waals surface area (Å²) in [7, 11) is 3.25. The SMILES string of the molecule is CC(C)c1cc(C2=CCCN(C(=O)CCn3ccnn3)C2)c(F)c2cc(C(=O)N(C)C)oc12. The summed E-state index contributed by atoms with van der Waals surface area (Å²) >= 11 is 0. The van der Waals surface area contributed by atoms with Crippen LogP contribution >= 0.6 is 0 Å². The second kappa shape index (κ2) is 9.17. The van der Waals surface area contributed by atoms with E-state index in [4.69, 9.17) is 4.42 Å². The number of furan rings is 1. The summed E-state index contributed by atoms with van der Waals surface area (Å²) in [6.07, 6.45) is 6.22. The van der Waals surface area contributed by atoms with Crippen LogP contribution in [0.15, 0.2) is 35.0 Å². The van der Waals surface area contributed by atoms with Crippen molar-refractivity contribution in [3.05, 3.63) is 53.3 Å². The van der Waals surface area contributed by atoms with Gasteiger partial charge in [-0.25, -0.2) is 4.39 Å². The lowest BCUT2D eigenvalue weighted by molar-refractivity contribution is -0.131. The van der Waals surface area contributed by atoms with Crippen molar-refractivity contribution in [1.29, 1.82) is 0 Å². The monoisotopic (exact) mass is 453 g/mol. The molecule has 0 saturated carbocycles. The standard InChI is InChI=1S/C24H28FN5O3/c1-15(2)17-12-18(22(25)19-13-20(33-23(17)19)24(32)28(3)4)16-6-5-9-29(14-16)21(31)7-10-30-11-8-26-27-30/h6,8,11-13,15H,5,7,9-10,14H2,1-4H3. The van der Waals surface area contributed by atoms with E-state index in [0.717, 1.165) is 11.1 Å². The van der Waals surface area contributed by atoms with Crippen LogP contribution in [0.5, 0.6) is 0 Å². The number of benzene rings is 1. The van der Waals surface area contributed by atoms with Gasteiger partial charge in [0.15, 0.2) is 5.76 Å². The molecule has 0 bridgehead atoms. The number of carbonyl (C=O) groups excluding carboxylic acids is 2. The van der Waals surface area contributed by atoms with Crippen molar-refractivity contribution < 1.29 is 18.4 Å². The highest BCUT2D eigenvalue weighted by Gasteiger charge is 2.26. The lowest BCUT2D eigenvalue weighted by Crippen LogP contribution is -2.36. The van der Waals surface area contributed by atoms with Crippen LogP contribution < -0.4 is 0 Å². The third-order valence-electron chi connectivity index (χ3n) is 5.88. The summed E-state index contributed by atoms with van der Waals surface area (Å²) in [5.74, 6) is -0.591. The van der Waals surface area contributed by atoms with Gasteiger partial charge in [0.25, 0.3) is 5.91 Å². The van der Waals surface area contributed by atoms with E-state index in [1.165, 1.54) is 11.0 Å². The normalized spacial score (nSPS) is 14.1. The Bertz CT molecular complexity index is 1210. The Morgan fingerprint density at radius 2 is 2.06 bits per heavy atom. The van der Waals surface area contributed by atoms with E-state index in [-0.39, 0.29) is 28.9 Å². The summed E-state index contributed by atoms with van der Waals surface area (Å²) in [5.41, 5.74) is 2.44. The topological polar surface area (TPSA) is 84.5 Å². The zero-order valence-electron chi connectivity index (χ0n) is 19.3. The van der Waals surface area contributed by atoms with Gasteiger partial charge in [0, 0.05) is 51.4 Å². The van der Waals surface area contributed by atoms with Gasteiger partial charge in [0.05, 0.1) is 18.1 Å². The fourth-order valence-electron chi connectivity index (χ4n) is 4.06. The minimum Gasteiger partial charge on any atom is -0.450 e. The van der Waals surface area contributed by atoms with E-state index in [1.54, 1.807) is 42.1 Å². The molecule has 0 fully saturated rings. The molecule has 0 saturated heterocycles. The molecule has 0 atom stereocenters. The maximum atomic E-state index is 15.7. The lowest BCUT2D eigenvalue weighted by Gasteiger charge is -2.28. The van der Waals surface area contributed by atoms with Crippen LogP contribution in [0.2, 0.25) is 0 Å². The summed E-state index contributed by atoms with van der Waals surface area (Å²) < 4.78 is 23.1. The van der Waals surface area contributed by atoms with Crippen LogP contribution in [0.4, 0.5) is 4.39 Å². The first-order valence-corrected chi connectivity index (χ1v) is 11.0. The lowest BCUT2D eigenvalue weighted by atomic mass is 9.92.